The van der Waals surface area contributed by atoms with Gasteiger partial charge in [0.2, 0.25) is 5.89 Å². The second-order valence-electron chi connectivity index (χ2n) is 7.80. The smallest absolute Gasteiger partial charge is 0.294 e. The molecular formula is C18H24ClN5O3. The molecule has 146 valence electrons. The molecule has 2 aromatic rings. The Bertz CT molecular complexity index is 825. The highest BCUT2D eigenvalue weighted by Crippen LogP contribution is 2.32. The lowest BCUT2D eigenvalue weighted by Gasteiger charge is -2.37. The van der Waals surface area contributed by atoms with Crippen LogP contribution in [0.1, 0.15) is 45.5 Å². The number of nitro groups is 1. The third kappa shape index (κ3) is 4.22. The van der Waals surface area contributed by atoms with E-state index in [0.29, 0.717) is 35.5 Å². The summed E-state index contributed by atoms with van der Waals surface area (Å²) in [6.45, 7) is 11.0. The highest BCUT2D eigenvalue weighted by Gasteiger charge is 2.30. The molecular weight excluding hydrogens is 370 g/mol. The normalized spacial score (nSPS) is 17.1. The lowest BCUT2D eigenvalue weighted by molar-refractivity contribution is -0.384. The number of hydrogen-bond donors (Lipinski definition) is 0. The largest absolute Gasteiger partial charge is 0.363 e. The molecule has 3 rings (SSSR count). The standard InChI is InChI=1S/C18H24ClN5O3/c1-12(16-20-17(21-27-16)18(2,3)4)22-7-9-23(10-8-22)14-6-5-13(19)11-15(14)24(25)26/h5-6,11-12H,7-10H2,1-4H3/t12-/m1/s1. The van der Waals surface area contributed by atoms with Gasteiger partial charge in [-0.2, -0.15) is 4.98 Å². The van der Waals surface area contributed by atoms with Crippen LogP contribution >= 0.6 is 11.6 Å². The van der Waals surface area contributed by atoms with Crippen LogP contribution in [0.25, 0.3) is 0 Å². The van der Waals surface area contributed by atoms with Crippen LogP contribution < -0.4 is 4.90 Å². The summed E-state index contributed by atoms with van der Waals surface area (Å²) >= 11 is 5.91. The van der Waals surface area contributed by atoms with Gasteiger partial charge in [-0.05, 0) is 19.1 Å². The Balaban J connectivity index is 1.69. The van der Waals surface area contributed by atoms with E-state index in [1.54, 1.807) is 12.1 Å². The lowest BCUT2D eigenvalue weighted by Crippen LogP contribution is -2.47. The van der Waals surface area contributed by atoms with Crippen molar-refractivity contribution in [3.8, 4) is 0 Å². The fourth-order valence-electron chi connectivity index (χ4n) is 3.13. The maximum Gasteiger partial charge on any atom is 0.294 e. The monoisotopic (exact) mass is 393 g/mol. The van der Waals surface area contributed by atoms with Gasteiger partial charge in [-0.1, -0.05) is 37.5 Å². The van der Waals surface area contributed by atoms with Crippen LogP contribution in [0.15, 0.2) is 22.7 Å². The predicted molar refractivity (Wildman–Crippen MR) is 103 cm³/mol. The van der Waals surface area contributed by atoms with Crippen molar-refractivity contribution in [3.63, 3.8) is 0 Å². The van der Waals surface area contributed by atoms with E-state index in [2.05, 4.69) is 15.0 Å². The van der Waals surface area contributed by atoms with Crippen molar-refractivity contribution in [3.05, 3.63) is 45.1 Å². The van der Waals surface area contributed by atoms with Crippen molar-refractivity contribution >= 4 is 23.0 Å². The summed E-state index contributed by atoms with van der Waals surface area (Å²) in [4.78, 5) is 19.8. The van der Waals surface area contributed by atoms with Crippen LogP contribution in [-0.4, -0.2) is 46.1 Å². The Morgan fingerprint density at radius 2 is 1.93 bits per heavy atom. The van der Waals surface area contributed by atoms with Crippen molar-refractivity contribution in [2.24, 2.45) is 0 Å². The molecule has 0 aliphatic carbocycles. The fourth-order valence-corrected chi connectivity index (χ4v) is 3.29. The lowest BCUT2D eigenvalue weighted by atomic mass is 9.96. The maximum atomic E-state index is 11.3. The zero-order valence-corrected chi connectivity index (χ0v) is 16.7. The first-order chi connectivity index (χ1) is 12.7. The third-order valence-electron chi connectivity index (χ3n) is 4.81. The molecule has 1 aliphatic rings. The Morgan fingerprint density at radius 3 is 2.48 bits per heavy atom. The van der Waals surface area contributed by atoms with Crippen molar-refractivity contribution in [1.29, 1.82) is 0 Å². The molecule has 0 radical (unpaired) electrons. The molecule has 1 fully saturated rings. The van der Waals surface area contributed by atoms with Crippen LogP contribution in [-0.2, 0) is 5.41 Å². The number of piperazine rings is 1. The van der Waals surface area contributed by atoms with E-state index in [-0.39, 0.29) is 22.1 Å². The first-order valence-electron chi connectivity index (χ1n) is 8.94. The first kappa shape index (κ1) is 19.6. The van der Waals surface area contributed by atoms with Gasteiger partial charge in [-0.25, -0.2) is 0 Å². The molecule has 27 heavy (non-hydrogen) atoms. The van der Waals surface area contributed by atoms with Crippen molar-refractivity contribution in [2.75, 3.05) is 31.1 Å². The molecule has 0 saturated carbocycles. The minimum Gasteiger partial charge on any atom is -0.363 e. The quantitative estimate of drug-likeness (QED) is 0.576. The SMILES string of the molecule is C[C@H](c1nc(C(C)(C)C)no1)N1CCN(c2ccc(Cl)cc2[N+](=O)[O-])CC1. The molecule has 1 atom stereocenters. The summed E-state index contributed by atoms with van der Waals surface area (Å²) in [5.74, 6) is 1.30. The van der Waals surface area contributed by atoms with Crippen molar-refractivity contribution in [1.82, 2.24) is 15.0 Å². The van der Waals surface area contributed by atoms with Gasteiger partial charge in [0.1, 0.15) is 5.69 Å². The number of aromatic nitrogens is 2. The molecule has 0 spiro atoms. The highest BCUT2D eigenvalue weighted by atomic mass is 35.5. The van der Waals surface area contributed by atoms with E-state index < -0.39 is 0 Å². The van der Waals surface area contributed by atoms with Crippen LogP contribution in [0.2, 0.25) is 5.02 Å². The van der Waals surface area contributed by atoms with E-state index in [1.165, 1.54) is 6.07 Å². The Hall–Kier alpha value is -2.19. The molecule has 9 heteroatoms. The van der Waals surface area contributed by atoms with Gasteiger partial charge in [-0.15, -0.1) is 0 Å². The number of rotatable bonds is 4. The summed E-state index contributed by atoms with van der Waals surface area (Å²) in [6, 6.07) is 4.80. The fraction of sp³-hybridized carbons (Fsp3) is 0.556. The van der Waals surface area contributed by atoms with E-state index in [9.17, 15) is 10.1 Å². The molecule has 1 saturated heterocycles. The molecule has 2 heterocycles. The van der Waals surface area contributed by atoms with E-state index in [1.807, 2.05) is 32.6 Å². The van der Waals surface area contributed by atoms with Gasteiger partial charge in [-0.3, -0.25) is 15.0 Å². The zero-order valence-electron chi connectivity index (χ0n) is 16.0. The minimum absolute atomic E-state index is 0.00375. The van der Waals surface area contributed by atoms with Gasteiger partial charge in [0.05, 0.1) is 11.0 Å². The number of hydrogen-bond acceptors (Lipinski definition) is 7. The van der Waals surface area contributed by atoms with Crippen LogP contribution in [0.3, 0.4) is 0 Å². The molecule has 0 N–H and O–H groups in total. The van der Waals surface area contributed by atoms with E-state index >= 15 is 0 Å². The molecule has 1 aromatic carbocycles. The average Bonchev–Trinajstić information content (AvgIpc) is 3.12. The summed E-state index contributed by atoms with van der Waals surface area (Å²) in [5, 5.41) is 15.8. The maximum absolute atomic E-state index is 11.3. The number of halogens is 1. The topological polar surface area (TPSA) is 88.5 Å². The second-order valence-corrected chi connectivity index (χ2v) is 8.23. The van der Waals surface area contributed by atoms with Gasteiger partial charge in [0.25, 0.3) is 5.69 Å². The summed E-state index contributed by atoms with van der Waals surface area (Å²) in [7, 11) is 0. The summed E-state index contributed by atoms with van der Waals surface area (Å²) in [5.41, 5.74) is 0.480. The van der Waals surface area contributed by atoms with Gasteiger partial charge >= 0.3 is 0 Å². The first-order valence-corrected chi connectivity index (χ1v) is 9.31. The van der Waals surface area contributed by atoms with E-state index in [4.69, 9.17) is 16.1 Å². The van der Waals surface area contributed by atoms with Gasteiger partial charge in [0, 0.05) is 42.7 Å². The van der Waals surface area contributed by atoms with Crippen LogP contribution in [0.4, 0.5) is 11.4 Å². The zero-order chi connectivity index (χ0) is 19.8. The van der Waals surface area contributed by atoms with Gasteiger partial charge in [0.15, 0.2) is 5.82 Å². The molecule has 0 amide bonds. The predicted octanol–water partition coefficient (Wildman–Crippen LogP) is 3.81. The molecule has 1 aliphatic heterocycles. The molecule has 8 nitrogen and oxygen atoms in total. The number of anilines is 1. The number of benzene rings is 1. The average molecular weight is 394 g/mol. The van der Waals surface area contributed by atoms with Gasteiger partial charge < -0.3 is 9.42 Å². The number of nitrogens with zero attached hydrogens (tertiary/aromatic N) is 5. The molecule has 1 aromatic heterocycles. The highest BCUT2D eigenvalue weighted by molar-refractivity contribution is 6.30. The third-order valence-corrected chi connectivity index (χ3v) is 5.04. The van der Waals surface area contributed by atoms with E-state index in [0.717, 1.165) is 13.1 Å². The molecule has 0 bridgehead atoms. The molecule has 0 unspecified atom stereocenters. The Kier molecular flexibility index (Phi) is 5.39. The Morgan fingerprint density at radius 1 is 1.26 bits per heavy atom. The second kappa shape index (κ2) is 7.44. The van der Waals surface area contributed by atoms with Crippen LogP contribution in [0.5, 0.6) is 0 Å². The van der Waals surface area contributed by atoms with Crippen molar-refractivity contribution in [2.45, 2.75) is 39.2 Å². The Labute approximate surface area is 163 Å². The number of nitro benzene ring substituents is 1. The van der Waals surface area contributed by atoms with Crippen LogP contribution in [0, 0.1) is 10.1 Å². The summed E-state index contributed by atoms with van der Waals surface area (Å²) < 4.78 is 5.46. The minimum atomic E-state index is -0.386. The summed E-state index contributed by atoms with van der Waals surface area (Å²) in [6.07, 6.45) is 0. The van der Waals surface area contributed by atoms with Crippen molar-refractivity contribution < 1.29 is 9.45 Å².